The lowest BCUT2D eigenvalue weighted by Gasteiger charge is -2.16. The topological polar surface area (TPSA) is 41.1 Å². The van der Waals surface area contributed by atoms with Crippen LogP contribution in [0.15, 0.2) is 24.3 Å². The van der Waals surface area contributed by atoms with E-state index in [1.807, 2.05) is 52.0 Å². The van der Waals surface area contributed by atoms with Crippen molar-refractivity contribution in [2.24, 2.45) is 0 Å². The molecule has 1 amide bonds. The fourth-order valence-corrected chi connectivity index (χ4v) is 1.46. The van der Waals surface area contributed by atoms with Crippen molar-refractivity contribution < 1.29 is 4.79 Å². The van der Waals surface area contributed by atoms with Gasteiger partial charge in [-0.1, -0.05) is 31.5 Å². The van der Waals surface area contributed by atoms with Gasteiger partial charge in [-0.25, -0.2) is 0 Å². The number of carbonyl (C=O) groups excluding carboxylic acids is 1. The van der Waals surface area contributed by atoms with Gasteiger partial charge in [0.25, 0.3) is 0 Å². The highest BCUT2D eigenvalue weighted by molar-refractivity contribution is 5.94. The highest BCUT2D eigenvalue weighted by Crippen LogP contribution is 2.08. The standard InChI is InChI=1S/C13H20N2O/c1-9(2)14-11(4)13(16)15-12-7-5-10(3)6-8-12/h5-9,11,14H,1-4H3,(H,15,16). The van der Waals surface area contributed by atoms with Crippen LogP contribution in [0.25, 0.3) is 0 Å². The van der Waals surface area contributed by atoms with Crippen molar-refractivity contribution in [3.05, 3.63) is 29.8 Å². The Balaban J connectivity index is 2.54. The molecule has 1 aromatic carbocycles. The summed E-state index contributed by atoms with van der Waals surface area (Å²) in [6, 6.07) is 7.91. The van der Waals surface area contributed by atoms with Gasteiger partial charge in [-0.05, 0) is 26.0 Å². The van der Waals surface area contributed by atoms with Crippen LogP contribution in [0.3, 0.4) is 0 Å². The van der Waals surface area contributed by atoms with Crippen LogP contribution in [-0.4, -0.2) is 18.0 Å². The molecule has 0 radical (unpaired) electrons. The first-order chi connectivity index (χ1) is 7.49. The Morgan fingerprint density at radius 1 is 1.12 bits per heavy atom. The number of amides is 1. The normalized spacial score (nSPS) is 12.6. The van der Waals surface area contributed by atoms with Crippen molar-refractivity contribution in [3.63, 3.8) is 0 Å². The number of nitrogens with one attached hydrogen (secondary N) is 2. The second kappa shape index (κ2) is 5.66. The molecule has 3 heteroatoms. The van der Waals surface area contributed by atoms with Gasteiger partial charge in [0, 0.05) is 11.7 Å². The summed E-state index contributed by atoms with van der Waals surface area (Å²) in [7, 11) is 0. The Kier molecular flexibility index (Phi) is 4.50. The monoisotopic (exact) mass is 220 g/mol. The largest absolute Gasteiger partial charge is 0.325 e. The van der Waals surface area contributed by atoms with Gasteiger partial charge in [0.1, 0.15) is 0 Å². The second-order valence-electron chi connectivity index (χ2n) is 4.40. The van der Waals surface area contributed by atoms with Gasteiger partial charge < -0.3 is 10.6 Å². The number of carbonyl (C=O) groups is 1. The van der Waals surface area contributed by atoms with Crippen molar-refractivity contribution >= 4 is 11.6 Å². The Labute approximate surface area is 97.2 Å². The minimum Gasteiger partial charge on any atom is -0.325 e. The molecular weight excluding hydrogens is 200 g/mol. The molecule has 0 fully saturated rings. The highest BCUT2D eigenvalue weighted by atomic mass is 16.2. The lowest BCUT2D eigenvalue weighted by Crippen LogP contribution is -2.41. The summed E-state index contributed by atoms with van der Waals surface area (Å²) in [6.07, 6.45) is 0. The molecule has 0 spiro atoms. The zero-order valence-corrected chi connectivity index (χ0v) is 10.4. The number of hydrogen-bond donors (Lipinski definition) is 2. The van der Waals surface area contributed by atoms with Crippen LogP contribution in [0, 0.1) is 6.92 Å². The Bertz CT molecular complexity index is 343. The molecule has 1 aromatic rings. The first-order valence-electron chi connectivity index (χ1n) is 5.62. The highest BCUT2D eigenvalue weighted by Gasteiger charge is 2.12. The fourth-order valence-electron chi connectivity index (χ4n) is 1.46. The molecule has 0 heterocycles. The van der Waals surface area contributed by atoms with Gasteiger partial charge in [-0.15, -0.1) is 0 Å². The van der Waals surface area contributed by atoms with Crippen molar-refractivity contribution in [1.29, 1.82) is 0 Å². The average molecular weight is 220 g/mol. The Morgan fingerprint density at radius 3 is 2.19 bits per heavy atom. The summed E-state index contributed by atoms with van der Waals surface area (Å²) >= 11 is 0. The van der Waals surface area contributed by atoms with E-state index < -0.39 is 0 Å². The molecule has 88 valence electrons. The molecule has 16 heavy (non-hydrogen) atoms. The van der Waals surface area contributed by atoms with E-state index in [9.17, 15) is 4.79 Å². The third-order valence-corrected chi connectivity index (χ3v) is 2.30. The van der Waals surface area contributed by atoms with Gasteiger partial charge in [0.15, 0.2) is 0 Å². The minimum absolute atomic E-state index is 0.00227. The molecule has 0 saturated carbocycles. The maximum Gasteiger partial charge on any atom is 0.241 e. The van der Waals surface area contributed by atoms with Crippen LogP contribution in [0.1, 0.15) is 26.3 Å². The summed E-state index contributed by atoms with van der Waals surface area (Å²) in [5, 5.41) is 6.03. The Morgan fingerprint density at radius 2 is 1.69 bits per heavy atom. The first kappa shape index (κ1) is 12.7. The zero-order chi connectivity index (χ0) is 12.1. The summed E-state index contributed by atoms with van der Waals surface area (Å²) in [5.41, 5.74) is 2.03. The van der Waals surface area contributed by atoms with E-state index in [2.05, 4.69) is 10.6 Å². The number of benzene rings is 1. The van der Waals surface area contributed by atoms with E-state index in [0.717, 1.165) is 5.69 Å². The van der Waals surface area contributed by atoms with Crippen LogP contribution in [0.5, 0.6) is 0 Å². The quantitative estimate of drug-likeness (QED) is 0.817. The van der Waals surface area contributed by atoms with Gasteiger partial charge in [0.05, 0.1) is 6.04 Å². The summed E-state index contributed by atoms with van der Waals surface area (Å²) < 4.78 is 0. The third kappa shape index (κ3) is 4.03. The van der Waals surface area contributed by atoms with Gasteiger partial charge in [0.2, 0.25) is 5.91 Å². The molecule has 0 aliphatic rings. The van der Waals surface area contributed by atoms with E-state index in [0.29, 0.717) is 6.04 Å². The SMILES string of the molecule is Cc1ccc(NC(=O)C(C)NC(C)C)cc1. The maximum absolute atomic E-state index is 11.8. The smallest absolute Gasteiger partial charge is 0.241 e. The molecule has 1 rings (SSSR count). The molecular formula is C13H20N2O. The van der Waals surface area contributed by atoms with Crippen molar-refractivity contribution in [2.45, 2.75) is 39.8 Å². The predicted octanol–water partition coefficient (Wildman–Crippen LogP) is 2.32. The zero-order valence-electron chi connectivity index (χ0n) is 10.4. The van der Waals surface area contributed by atoms with E-state index in [1.165, 1.54) is 5.56 Å². The molecule has 0 aliphatic heterocycles. The maximum atomic E-state index is 11.8. The van der Waals surface area contributed by atoms with Crippen LogP contribution >= 0.6 is 0 Å². The average Bonchev–Trinajstić information content (AvgIpc) is 2.20. The lowest BCUT2D eigenvalue weighted by molar-refractivity contribution is -0.117. The molecule has 3 nitrogen and oxygen atoms in total. The molecule has 0 aromatic heterocycles. The van der Waals surface area contributed by atoms with Crippen molar-refractivity contribution in [1.82, 2.24) is 5.32 Å². The molecule has 2 N–H and O–H groups in total. The number of anilines is 1. The third-order valence-electron chi connectivity index (χ3n) is 2.30. The first-order valence-corrected chi connectivity index (χ1v) is 5.62. The van der Waals surface area contributed by atoms with E-state index in [1.54, 1.807) is 0 Å². The summed E-state index contributed by atoms with van der Waals surface area (Å²) in [5.74, 6) is -0.00227. The molecule has 0 bridgehead atoms. The molecule has 1 atom stereocenters. The predicted molar refractivity (Wildman–Crippen MR) is 67.5 cm³/mol. The van der Waals surface area contributed by atoms with Crippen molar-refractivity contribution in [3.8, 4) is 0 Å². The van der Waals surface area contributed by atoms with E-state index in [-0.39, 0.29) is 11.9 Å². The minimum atomic E-state index is -0.179. The van der Waals surface area contributed by atoms with Crippen molar-refractivity contribution in [2.75, 3.05) is 5.32 Å². The van der Waals surface area contributed by atoms with Crippen LogP contribution in [0.2, 0.25) is 0 Å². The van der Waals surface area contributed by atoms with Gasteiger partial charge in [-0.2, -0.15) is 0 Å². The number of rotatable bonds is 4. The summed E-state index contributed by atoms with van der Waals surface area (Å²) in [6.45, 7) is 7.93. The molecule has 0 saturated heterocycles. The number of aryl methyl sites for hydroxylation is 1. The molecule has 1 unspecified atom stereocenters. The fraction of sp³-hybridized carbons (Fsp3) is 0.462. The Hall–Kier alpha value is -1.35. The van der Waals surface area contributed by atoms with Gasteiger partial charge >= 0.3 is 0 Å². The van der Waals surface area contributed by atoms with Crippen LogP contribution in [0.4, 0.5) is 5.69 Å². The second-order valence-corrected chi connectivity index (χ2v) is 4.40. The van der Waals surface area contributed by atoms with Crippen LogP contribution in [-0.2, 0) is 4.79 Å². The number of hydrogen-bond acceptors (Lipinski definition) is 2. The lowest BCUT2D eigenvalue weighted by atomic mass is 10.2. The van der Waals surface area contributed by atoms with E-state index in [4.69, 9.17) is 0 Å². The molecule has 0 aliphatic carbocycles. The van der Waals surface area contributed by atoms with Crippen LogP contribution < -0.4 is 10.6 Å². The van der Waals surface area contributed by atoms with E-state index >= 15 is 0 Å². The van der Waals surface area contributed by atoms with Gasteiger partial charge in [-0.3, -0.25) is 4.79 Å². The summed E-state index contributed by atoms with van der Waals surface area (Å²) in [4.78, 5) is 11.8.